The van der Waals surface area contributed by atoms with Crippen LogP contribution in [0, 0.1) is 6.92 Å². The van der Waals surface area contributed by atoms with Crippen molar-refractivity contribution in [3.63, 3.8) is 0 Å². The van der Waals surface area contributed by atoms with Gasteiger partial charge in [-0.1, -0.05) is 12.1 Å². The van der Waals surface area contributed by atoms with E-state index in [1.165, 1.54) is 24.3 Å². The smallest absolute Gasteiger partial charge is 0.343 e. The van der Waals surface area contributed by atoms with Crippen molar-refractivity contribution < 1.29 is 24.9 Å². The summed E-state index contributed by atoms with van der Waals surface area (Å²) in [6.45, 7) is 1.77. The summed E-state index contributed by atoms with van der Waals surface area (Å²) in [4.78, 5) is 11.9. The second kappa shape index (κ2) is 4.16. The predicted molar refractivity (Wildman–Crippen MR) is 69.9 cm³/mol. The van der Waals surface area contributed by atoms with Crippen LogP contribution in [-0.2, 0) is 4.74 Å². The van der Waals surface area contributed by atoms with Crippen LogP contribution in [0.3, 0.4) is 0 Å². The largest absolute Gasteiger partial charge is 0.507 e. The van der Waals surface area contributed by atoms with E-state index >= 15 is 0 Å². The fourth-order valence-electron chi connectivity index (χ4n) is 2.48. The van der Waals surface area contributed by atoms with Crippen molar-refractivity contribution in [2.24, 2.45) is 0 Å². The van der Waals surface area contributed by atoms with E-state index in [1.807, 2.05) is 0 Å². The molecule has 0 spiro atoms. The van der Waals surface area contributed by atoms with Gasteiger partial charge in [-0.3, -0.25) is 0 Å². The molecule has 20 heavy (non-hydrogen) atoms. The maximum atomic E-state index is 11.9. The van der Waals surface area contributed by atoms with Crippen LogP contribution < -0.4 is 0 Å². The van der Waals surface area contributed by atoms with E-state index < -0.39 is 12.1 Å². The van der Waals surface area contributed by atoms with Gasteiger partial charge in [0.25, 0.3) is 0 Å². The van der Waals surface area contributed by atoms with Crippen LogP contribution in [0.15, 0.2) is 30.3 Å². The summed E-state index contributed by atoms with van der Waals surface area (Å²) in [6.07, 6.45) is -0.926. The lowest BCUT2D eigenvalue weighted by Crippen LogP contribution is -2.01. The van der Waals surface area contributed by atoms with Gasteiger partial charge in [0.05, 0.1) is 5.56 Å². The van der Waals surface area contributed by atoms with Crippen LogP contribution in [0.5, 0.6) is 17.2 Å². The van der Waals surface area contributed by atoms with Gasteiger partial charge in [-0.15, -0.1) is 0 Å². The Morgan fingerprint density at radius 1 is 1.05 bits per heavy atom. The van der Waals surface area contributed by atoms with Gasteiger partial charge in [-0.2, -0.15) is 0 Å². The van der Waals surface area contributed by atoms with Crippen LogP contribution in [0.2, 0.25) is 0 Å². The molecule has 0 aromatic heterocycles. The van der Waals surface area contributed by atoms with Gasteiger partial charge >= 0.3 is 5.97 Å². The van der Waals surface area contributed by atoms with Gasteiger partial charge in [0.2, 0.25) is 0 Å². The number of hydrogen-bond donors (Lipinski definition) is 3. The summed E-state index contributed by atoms with van der Waals surface area (Å²) in [6, 6.07) is 7.44. The molecular formula is C15H12O5. The molecule has 1 aliphatic heterocycles. The topological polar surface area (TPSA) is 87.0 Å². The molecule has 0 amide bonds. The Morgan fingerprint density at radius 3 is 2.35 bits per heavy atom. The lowest BCUT2D eigenvalue weighted by Gasteiger charge is -2.14. The number of phenolic OH excluding ortho intramolecular Hbond substituents is 3. The molecule has 3 N–H and O–H groups in total. The summed E-state index contributed by atoms with van der Waals surface area (Å²) in [5.74, 6) is -1.18. The molecule has 3 rings (SSSR count). The lowest BCUT2D eigenvalue weighted by atomic mass is 9.95. The number of ether oxygens (including phenoxy) is 1. The van der Waals surface area contributed by atoms with Gasteiger partial charge in [0.15, 0.2) is 6.10 Å². The number of aryl methyl sites for hydroxylation is 1. The lowest BCUT2D eigenvalue weighted by molar-refractivity contribution is 0.0448. The molecule has 0 fully saturated rings. The molecule has 2 aromatic rings. The summed E-state index contributed by atoms with van der Waals surface area (Å²) >= 11 is 0. The van der Waals surface area contributed by atoms with E-state index in [-0.39, 0.29) is 28.4 Å². The first-order valence-electron chi connectivity index (χ1n) is 6.04. The number of carbonyl (C=O) groups is 1. The Labute approximate surface area is 114 Å². The summed E-state index contributed by atoms with van der Waals surface area (Å²) < 4.78 is 5.20. The highest BCUT2D eigenvalue weighted by molar-refractivity contribution is 5.97. The number of phenols is 3. The highest BCUT2D eigenvalue weighted by atomic mass is 16.6. The number of benzene rings is 2. The van der Waals surface area contributed by atoms with Crippen LogP contribution in [0.1, 0.15) is 33.2 Å². The zero-order valence-electron chi connectivity index (χ0n) is 10.6. The highest BCUT2D eigenvalue weighted by Crippen LogP contribution is 2.45. The molecule has 0 bridgehead atoms. The molecule has 1 aliphatic rings. The third kappa shape index (κ3) is 1.67. The Bertz CT molecular complexity index is 700. The molecule has 5 nitrogen and oxygen atoms in total. The van der Waals surface area contributed by atoms with Crippen LogP contribution in [0.4, 0.5) is 0 Å². The zero-order valence-corrected chi connectivity index (χ0v) is 10.6. The minimum absolute atomic E-state index is 0.0725. The fourth-order valence-corrected chi connectivity index (χ4v) is 2.48. The Kier molecular flexibility index (Phi) is 2.57. The van der Waals surface area contributed by atoms with Crippen LogP contribution in [0.25, 0.3) is 0 Å². The van der Waals surface area contributed by atoms with Gasteiger partial charge in [0, 0.05) is 5.56 Å². The SMILES string of the molecule is Cc1cc(O)c2c(c1)[C@H](c1c(O)cccc1O)OC2=O. The molecule has 1 heterocycles. The first-order chi connectivity index (χ1) is 9.49. The molecule has 0 unspecified atom stereocenters. The maximum Gasteiger partial charge on any atom is 0.343 e. The molecule has 0 saturated heterocycles. The summed E-state index contributed by atoms with van der Waals surface area (Å²) in [5.41, 5.74) is 1.37. The van der Waals surface area contributed by atoms with Crippen LogP contribution in [-0.4, -0.2) is 21.3 Å². The molecular weight excluding hydrogens is 260 g/mol. The number of rotatable bonds is 1. The van der Waals surface area contributed by atoms with Crippen molar-refractivity contribution in [3.05, 3.63) is 52.6 Å². The van der Waals surface area contributed by atoms with E-state index in [1.54, 1.807) is 13.0 Å². The molecule has 102 valence electrons. The molecule has 0 radical (unpaired) electrons. The van der Waals surface area contributed by atoms with Gasteiger partial charge in [0.1, 0.15) is 22.8 Å². The second-order valence-corrected chi connectivity index (χ2v) is 4.74. The standard InChI is InChI=1S/C15H12O5/c1-7-5-8-12(11(18)6-7)15(19)20-14(8)13-9(16)3-2-4-10(13)17/h2-6,14,16-18H,1H3/t14-/m1/s1. The van der Waals surface area contributed by atoms with Gasteiger partial charge in [-0.05, 0) is 30.7 Å². The first-order valence-corrected chi connectivity index (χ1v) is 6.04. The van der Waals surface area contributed by atoms with Crippen molar-refractivity contribution in [2.45, 2.75) is 13.0 Å². The number of esters is 1. The van der Waals surface area contributed by atoms with Crippen LogP contribution >= 0.6 is 0 Å². The average molecular weight is 272 g/mol. The number of carbonyl (C=O) groups excluding carboxylic acids is 1. The third-order valence-corrected chi connectivity index (χ3v) is 3.33. The Hall–Kier alpha value is -2.69. The normalized spacial score (nSPS) is 16.9. The predicted octanol–water partition coefficient (Wildman–Crippen LogP) is 2.37. The molecule has 5 heteroatoms. The maximum absolute atomic E-state index is 11.9. The Balaban J connectivity index is 2.24. The minimum atomic E-state index is -0.926. The first kappa shape index (κ1) is 12.3. The van der Waals surface area contributed by atoms with Gasteiger partial charge in [-0.25, -0.2) is 4.79 Å². The zero-order chi connectivity index (χ0) is 14.4. The van der Waals surface area contributed by atoms with Crippen molar-refractivity contribution in [1.29, 1.82) is 0 Å². The van der Waals surface area contributed by atoms with Crippen molar-refractivity contribution in [2.75, 3.05) is 0 Å². The number of cyclic esters (lactones) is 1. The fraction of sp³-hybridized carbons (Fsp3) is 0.133. The van der Waals surface area contributed by atoms with E-state index in [0.29, 0.717) is 5.56 Å². The van der Waals surface area contributed by atoms with Crippen molar-refractivity contribution >= 4 is 5.97 Å². The number of hydrogen-bond acceptors (Lipinski definition) is 5. The minimum Gasteiger partial charge on any atom is -0.507 e. The molecule has 1 atom stereocenters. The van der Waals surface area contributed by atoms with Crippen molar-refractivity contribution in [1.82, 2.24) is 0 Å². The number of fused-ring (bicyclic) bond motifs is 1. The van der Waals surface area contributed by atoms with E-state index in [4.69, 9.17) is 4.74 Å². The molecule has 2 aromatic carbocycles. The van der Waals surface area contributed by atoms with E-state index in [2.05, 4.69) is 0 Å². The average Bonchev–Trinajstić information content (AvgIpc) is 2.66. The van der Waals surface area contributed by atoms with E-state index in [9.17, 15) is 20.1 Å². The molecule has 0 aliphatic carbocycles. The summed E-state index contributed by atoms with van der Waals surface area (Å²) in [5, 5.41) is 29.6. The monoisotopic (exact) mass is 272 g/mol. The van der Waals surface area contributed by atoms with Crippen molar-refractivity contribution in [3.8, 4) is 17.2 Å². The third-order valence-electron chi connectivity index (χ3n) is 3.33. The summed E-state index contributed by atoms with van der Waals surface area (Å²) in [7, 11) is 0. The second-order valence-electron chi connectivity index (χ2n) is 4.74. The quantitative estimate of drug-likeness (QED) is 0.694. The number of aromatic hydroxyl groups is 3. The molecule has 0 saturated carbocycles. The Morgan fingerprint density at radius 2 is 1.70 bits per heavy atom. The van der Waals surface area contributed by atoms with Gasteiger partial charge < -0.3 is 20.1 Å². The van der Waals surface area contributed by atoms with E-state index in [0.717, 1.165) is 5.56 Å². The highest BCUT2D eigenvalue weighted by Gasteiger charge is 2.37.